The molecule has 1 aliphatic carbocycles. The van der Waals surface area contributed by atoms with E-state index in [2.05, 4.69) is 22.2 Å². The van der Waals surface area contributed by atoms with E-state index in [1.54, 1.807) is 0 Å². The highest BCUT2D eigenvalue weighted by Crippen LogP contribution is 2.35. The third-order valence-electron chi connectivity index (χ3n) is 2.95. The highest BCUT2D eigenvalue weighted by molar-refractivity contribution is 5.34. The van der Waals surface area contributed by atoms with Crippen LogP contribution in [0.25, 0.3) is 0 Å². The van der Waals surface area contributed by atoms with Crippen LogP contribution in [-0.4, -0.2) is 22.1 Å². The summed E-state index contributed by atoms with van der Waals surface area (Å²) in [5, 5.41) is 3.37. The molecule has 17 heavy (non-hydrogen) atoms. The molecule has 1 saturated carbocycles. The zero-order valence-electron chi connectivity index (χ0n) is 11.0. The van der Waals surface area contributed by atoms with Gasteiger partial charge in [-0.3, -0.25) is 0 Å². The maximum atomic E-state index is 5.60. The van der Waals surface area contributed by atoms with Gasteiger partial charge in [-0.25, -0.2) is 4.98 Å². The summed E-state index contributed by atoms with van der Waals surface area (Å²) in [6, 6.07) is 2.42. The molecule has 1 aromatic heterocycles. The van der Waals surface area contributed by atoms with Gasteiger partial charge in [-0.2, -0.15) is 4.98 Å². The molecule has 2 atom stereocenters. The van der Waals surface area contributed by atoms with Gasteiger partial charge in [0.2, 0.25) is 11.8 Å². The predicted molar refractivity (Wildman–Crippen MR) is 68.3 cm³/mol. The highest BCUT2D eigenvalue weighted by atomic mass is 16.5. The smallest absolute Gasteiger partial charge is 0.226 e. The Morgan fingerprint density at radius 3 is 2.82 bits per heavy atom. The van der Waals surface area contributed by atoms with Crippen LogP contribution >= 0.6 is 0 Å². The van der Waals surface area contributed by atoms with E-state index in [1.165, 1.54) is 12.8 Å². The van der Waals surface area contributed by atoms with Crippen molar-refractivity contribution in [1.82, 2.24) is 9.97 Å². The second kappa shape index (κ2) is 4.90. The van der Waals surface area contributed by atoms with Gasteiger partial charge < -0.3 is 10.1 Å². The zero-order chi connectivity index (χ0) is 12.4. The first kappa shape index (κ1) is 12.1. The SMILES string of the molecule is CCC1CC1Nc1nc(C)cc(OC(C)C)n1. The van der Waals surface area contributed by atoms with Crippen LogP contribution in [0.2, 0.25) is 0 Å². The lowest BCUT2D eigenvalue weighted by Crippen LogP contribution is -2.12. The summed E-state index contributed by atoms with van der Waals surface area (Å²) in [5.41, 5.74) is 0.937. The standard InChI is InChI=1S/C13H21N3O/c1-5-10-7-11(10)15-13-14-9(4)6-12(16-13)17-8(2)3/h6,8,10-11H,5,7H2,1-4H3,(H,14,15,16). The number of hydrogen-bond acceptors (Lipinski definition) is 4. The van der Waals surface area contributed by atoms with Gasteiger partial charge in [-0.1, -0.05) is 13.3 Å². The van der Waals surface area contributed by atoms with E-state index >= 15 is 0 Å². The van der Waals surface area contributed by atoms with E-state index in [1.807, 2.05) is 26.8 Å². The third kappa shape index (κ3) is 3.32. The van der Waals surface area contributed by atoms with Gasteiger partial charge in [0.05, 0.1) is 6.10 Å². The fraction of sp³-hybridized carbons (Fsp3) is 0.692. The van der Waals surface area contributed by atoms with Gasteiger partial charge in [-0.15, -0.1) is 0 Å². The van der Waals surface area contributed by atoms with E-state index < -0.39 is 0 Å². The van der Waals surface area contributed by atoms with Crippen molar-refractivity contribution in [1.29, 1.82) is 0 Å². The van der Waals surface area contributed by atoms with Crippen molar-refractivity contribution in [2.75, 3.05) is 5.32 Å². The Morgan fingerprint density at radius 1 is 1.47 bits per heavy atom. The van der Waals surface area contributed by atoms with E-state index in [0.29, 0.717) is 17.9 Å². The van der Waals surface area contributed by atoms with Gasteiger partial charge in [0.15, 0.2) is 0 Å². The Labute approximate surface area is 103 Å². The molecule has 0 bridgehead atoms. The molecular weight excluding hydrogens is 214 g/mol. The van der Waals surface area contributed by atoms with Gasteiger partial charge in [0.1, 0.15) is 0 Å². The summed E-state index contributed by atoms with van der Waals surface area (Å²) in [6.45, 7) is 8.18. The van der Waals surface area contributed by atoms with Crippen LogP contribution in [0.15, 0.2) is 6.07 Å². The van der Waals surface area contributed by atoms with Crippen molar-refractivity contribution >= 4 is 5.95 Å². The number of nitrogens with one attached hydrogen (secondary N) is 1. The van der Waals surface area contributed by atoms with Crippen molar-refractivity contribution < 1.29 is 4.74 Å². The number of aryl methyl sites for hydroxylation is 1. The number of ether oxygens (including phenoxy) is 1. The average molecular weight is 235 g/mol. The zero-order valence-corrected chi connectivity index (χ0v) is 11.0. The maximum absolute atomic E-state index is 5.60. The summed E-state index contributed by atoms with van der Waals surface area (Å²) in [4.78, 5) is 8.77. The van der Waals surface area contributed by atoms with Crippen molar-refractivity contribution in [3.05, 3.63) is 11.8 Å². The molecule has 0 radical (unpaired) electrons. The molecule has 0 spiro atoms. The minimum atomic E-state index is 0.140. The number of hydrogen-bond donors (Lipinski definition) is 1. The minimum absolute atomic E-state index is 0.140. The van der Waals surface area contributed by atoms with Crippen LogP contribution < -0.4 is 10.1 Å². The summed E-state index contributed by atoms with van der Waals surface area (Å²) in [7, 11) is 0. The topological polar surface area (TPSA) is 47.0 Å². The Bertz CT molecular complexity index is 392. The van der Waals surface area contributed by atoms with Crippen LogP contribution in [0.3, 0.4) is 0 Å². The molecule has 4 nitrogen and oxygen atoms in total. The van der Waals surface area contributed by atoms with Gasteiger partial charge in [0.25, 0.3) is 0 Å². The second-order valence-corrected chi connectivity index (χ2v) is 4.99. The van der Waals surface area contributed by atoms with Crippen LogP contribution in [0, 0.1) is 12.8 Å². The van der Waals surface area contributed by atoms with Gasteiger partial charge >= 0.3 is 0 Å². The fourth-order valence-corrected chi connectivity index (χ4v) is 1.95. The fourth-order valence-electron chi connectivity index (χ4n) is 1.95. The molecule has 0 saturated heterocycles. The molecule has 1 aromatic rings. The predicted octanol–water partition coefficient (Wildman–Crippen LogP) is 2.78. The lowest BCUT2D eigenvalue weighted by atomic mass is 10.3. The summed E-state index contributed by atoms with van der Waals surface area (Å²) >= 11 is 0. The van der Waals surface area contributed by atoms with Crippen LogP contribution in [0.1, 0.15) is 39.3 Å². The molecular formula is C13H21N3O. The summed E-state index contributed by atoms with van der Waals surface area (Å²) in [6.07, 6.45) is 2.59. The normalized spacial score (nSPS) is 22.6. The highest BCUT2D eigenvalue weighted by Gasteiger charge is 2.35. The first-order valence-corrected chi connectivity index (χ1v) is 6.37. The van der Waals surface area contributed by atoms with Gasteiger partial charge in [-0.05, 0) is 33.1 Å². The Morgan fingerprint density at radius 2 is 2.24 bits per heavy atom. The van der Waals surface area contributed by atoms with E-state index in [4.69, 9.17) is 4.74 Å². The number of anilines is 1. The maximum Gasteiger partial charge on any atom is 0.226 e. The van der Waals surface area contributed by atoms with Crippen molar-refractivity contribution in [3.8, 4) is 5.88 Å². The van der Waals surface area contributed by atoms with E-state index in [9.17, 15) is 0 Å². The van der Waals surface area contributed by atoms with Crippen molar-refractivity contribution in [2.24, 2.45) is 5.92 Å². The molecule has 1 heterocycles. The summed E-state index contributed by atoms with van der Waals surface area (Å²) < 4.78 is 5.60. The lowest BCUT2D eigenvalue weighted by molar-refractivity contribution is 0.232. The largest absolute Gasteiger partial charge is 0.475 e. The quantitative estimate of drug-likeness (QED) is 0.852. The molecule has 1 aliphatic rings. The summed E-state index contributed by atoms with van der Waals surface area (Å²) in [5.74, 6) is 2.14. The molecule has 1 N–H and O–H groups in total. The molecule has 4 heteroatoms. The molecule has 0 amide bonds. The van der Waals surface area contributed by atoms with Crippen molar-refractivity contribution in [3.63, 3.8) is 0 Å². The lowest BCUT2D eigenvalue weighted by Gasteiger charge is -2.11. The van der Waals surface area contributed by atoms with Crippen LogP contribution in [-0.2, 0) is 0 Å². The minimum Gasteiger partial charge on any atom is -0.475 e. The Hall–Kier alpha value is -1.32. The van der Waals surface area contributed by atoms with Crippen LogP contribution in [0.5, 0.6) is 5.88 Å². The molecule has 2 unspecified atom stereocenters. The second-order valence-electron chi connectivity index (χ2n) is 4.99. The van der Waals surface area contributed by atoms with E-state index in [0.717, 1.165) is 11.6 Å². The molecule has 0 aromatic carbocycles. The Balaban J connectivity index is 2.04. The van der Waals surface area contributed by atoms with Crippen molar-refractivity contribution in [2.45, 2.75) is 52.7 Å². The van der Waals surface area contributed by atoms with Crippen LogP contribution in [0.4, 0.5) is 5.95 Å². The number of nitrogens with zero attached hydrogens (tertiary/aromatic N) is 2. The number of rotatable bonds is 5. The molecule has 94 valence electrons. The van der Waals surface area contributed by atoms with Gasteiger partial charge in [0, 0.05) is 17.8 Å². The van der Waals surface area contributed by atoms with E-state index in [-0.39, 0.29) is 6.10 Å². The molecule has 0 aliphatic heterocycles. The third-order valence-corrected chi connectivity index (χ3v) is 2.95. The number of aromatic nitrogens is 2. The molecule has 2 rings (SSSR count). The first-order chi connectivity index (χ1) is 8.08. The Kier molecular flexibility index (Phi) is 3.50. The average Bonchev–Trinajstić information content (AvgIpc) is 2.94. The monoisotopic (exact) mass is 235 g/mol. The first-order valence-electron chi connectivity index (χ1n) is 6.37. The molecule has 1 fully saturated rings.